The van der Waals surface area contributed by atoms with E-state index in [4.69, 9.17) is 27.9 Å². The molecule has 1 fully saturated rings. The molecule has 1 saturated heterocycles. The SMILES string of the molecule is O=C(c1ccccc1)C1(Sc2ccc(Cl)cc2)OC1c1ccc(Cl)cc1. The van der Waals surface area contributed by atoms with Crippen LogP contribution in [0.1, 0.15) is 22.0 Å². The van der Waals surface area contributed by atoms with E-state index in [1.54, 1.807) is 0 Å². The summed E-state index contributed by atoms with van der Waals surface area (Å²) in [7, 11) is 0. The second-order valence-corrected chi connectivity index (χ2v) is 8.12. The van der Waals surface area contributed by atoms with Crippen molar-refractivity contribution >= 4 is 40.7 Å². The summed E-state index contributed by atoms with van der Waals surface area (Å²) in [6.07, 6.45) is -0.326. The molecule has 2 atom stereocenters. The number of rotatable bonds is 5. The van der Waals surface area contributed by atoms with Crippen molar-refractivity contribution in [2.24, 2.45) is 0 Å². The average Bonchev–Trinajstić information content (AvgIpc) is 3.39. The molecule has 0 amide bonds. The molecular weight excluding hydrogens is 387 g/mol. The molecule has 1 aliphatic rings. The van der Waals surface area contributed by atoms with E-state index in [1.807, 2.05) is 78.9 Å². The third kappa shape index (κ3) is 3.40. The number of Topliss-reactive ketones (excluding diaryl/α,β-unsaturated/α-hetero) is 1. The van der Waals surface area contributed by atoms with Gasteiger partial charge < -0.3 is 4.74 Å². The monoisotopic (exact) mass is 400 g/mol. The summed E-state index contributed by atoms with van der Waals surface area (Å²) in [5, 5.41) is 1.31. The zero-order valence-electron chi connectivity index (χ0n) is 13.6. The smallest absolute Gasteiger partial charge is 0.212 e. The number of ketones is 1. The van der Waals surface area contributed by atoms with E-state index in [0.717, 1.165) is 10.5 Å². The maximum atomic E-state index is 13.3. The molecule has 1 heterocycles. The molecule has 0 aromatic heterocycles. The number of hydrogen-bond donors (Lipinski definition) is 0. The third-order valence-corrected chi connectivity index (χ3v) is 6.00. The Morgan fingerprint density at radius 3 is 2.04 bits per heavy atom. The molecule has 4 rings (SSSR count). The Labute approximate surface area is 166 Å². The molecule has 26 heavy (non-hydrogen) atoms. The number of carbonyl (C=O) groups is 1. The first-order chi connectivity index (χ1) is 12.6. The van der Waals surface area contributed by atoms with Crippen molar-refractivity contribution in [3.05, 3.63) is 100 Å². The third-order valence-electron chi connectivity index (χ3n) is 4.19. The van der Waals surface area contributed by atoms with Gasteiger partial charge in [0.2, 0.25) is 10.7 Å². The maximum absolute atomic E-state index is 13.3. The van der Waals surface area contributed by atoms with E-state index >= 15 is 0 Å². The van der Waals surface area contributed by atoms with Crippen molar-refractivity contribution in [3.63, 3.8) is 0 Å². The summed E-state index contributed by atoms with van der Waals surface area (Å²) in [5.74, 6) is -0.0435. The van der Waals surface area contributed by atoms with Gasteiger partial charge in [0.15, 0.2) is 0 Å². The van der Waals surface area contributed by atoms with Gasteiger partial charge in [0, 0.05) is 20.5 Å². The molecule has 0 aliphatic carbocycles. The summed E-state index contributed by atoms with van der Waals surface area (Å²) in [6, 6.07) is 24.1. The predicted octanol–water partition coefficient (Wildman–Crippen LogP) is 6.44. The first-order valence-corrected chi connectivity index (χ1v) is 9.63. The second kappa shape index (κ2) is 7.09. The van der Waals surface area contributed by atoms with Crippen molar-refractivity contribution in [1.29, 1.82) is 0 Å². The highest BCUT2D eigenvalue weighted by atomic mass is 35.5. The summed E-state index contributed by atoms with van der Waals surface area (Å²) in [4.78, 5) is 13.2. The molecule has 130 valence electrons. The fourth-order valence-electron chi connectivity index (χ4n) is 2.83. The van der Waals surface area contributed by atoms with E-state index < -0.39 is 4.93 Å². The number of thioether (sulfide) groups is 1. The van der Waals surface area contributed by atoms with E-state index in [1.165, 1.54) is 11.8 Å². The van der Waals surface area contributed by atoms with Crippen LogP contribution in [0.15, 0.2) is 83.8 Å². The van der Waals surface area contributed by atoms with Crippen molar-refractivity contribution in [2.45, 2.75) is 15.9 Å². The lowest BCUT2D eigenvalue weighted by atomic mass is 10.0. The second-order valence-electron chi connectivity index (χ2n) is 5.97. The lowest BCUT2D eigenvalue weighted by molar-refractivity contribution is 0.0935. The molecule has 3 aromatic rings. The standard InChI is InChI=1S/C21H14Cl2O2S/c22-16-8-6-15(7-9-16)20-21(25-20,19(24)14-4-2-1-3-5-14)26-18-12-10-17(23)11-13-18/h1-13,20H. The van der Waals surface area contributed by atoms with Gasteiger partial charge in [0.1, 0.15) is 6.10 Å². The van der Waals surface area contributed by atoms with Gasteiger partial charge in [-0.25, -0.2) is 0 Å². The zero-order chi connectivity index (χ0) is 18.1. The minimum atomic E-state index is -0.983. The molecule has 2 nitrogen and oxygen atoms in total. The Bertz CT molecular complexity index is 926. The van der Waals surface area contributed by atoms with Gasteiger partial charge in [0.05, 0.1) is 0 Å². The van der Waals surface area contributed by atoms with Crippen LogP contribution in [0, 0.1) is 0 Å². The van der Waals surface area contributed by atoms with E-state index in [-0.39, 0.29) is 11.9 Å². The van der Waals surface area contributed by atoms with Gasteiger partial charge in [-0.15, -0.1) is 0 Å². The fraction of sp³-hybridized carbons (Fsp3) is 0.0952. The fourth-order valence-corrected chi connectivity index (χ4v) is 4.30. The molecular formula is C21H14Cl2O2S. The van der Waals surface area contributed by atoms with E-state index in [2.05, 4.69) is 0 Å². The van der Waals surface area contributed by atoms with Crippen LogP contribution in [0.5, 0.6) is 0 Å². The average molecular weight is 401 g/mol. The molecule has 0 bridgehead atoms. The van der Waals surface area contributed by atoms with Crippen LogP contribution in [0.25, 0.3) is 0 Å². The van der Waals surface area contributed by atoms with Crippen LogP contribution < -0.4 is 0 Å². The van der Waals surface area contributed by atoms with Crippen molar-refractivity contribution < 1.29 is 9.53 Å². The van der Waals surface area contributed by atoms with Crippen LogP contribution in [-0.2, 0) is 4.74 Å². The predicted molar refractivity (Wildman–Crippen MR) is 106 cm³/mol. The van der Waals surface area contributed by atoms with Crippen LogP contribution in [0.2, 0.25) is 10.0 Å². The first-order valence-electron chi connectivity index (χ1n) is 8.06. The van der Waals surface area contributed by atoms with Crippen LogP contribution in [0.3, 0.4) is 0 Å². The van der Waals surface area contributed by atoms with Gasteiger partial charge in [-0.3, -0.25) is 4.79 Å². The Morgan fingerprint density at radius 1 is 0.846 bits per heavy atom. The van der Waals surface area contributed by atoms with Crippen LogP contribution in [-0.4, -0.2) is 10.7 Å². The topological polar surface area (TPSA) is 29.6 Å². The molecule has 0 saturated carbocycles. The first kappa shape index (κ1) is 17.6. The Kier molecular flexibility index (Phi) is 4.80. The Hall–Kier alpha value is -1.78. The Morgan fingerprint density at radius 2 is 1.42 bits per heavy atom. The van der Waals surface area contributed by atoms with Gasteiger partial charge in [-0.2, -0.15) is 0 Å². The summed E-state index contributed by atoms with van der Waals surface area (Å²) in [6.45, 7) is 0. The Balaban J connectivity index is 1.69. The highest BCUT2D eigenvalue weighted by Crippen LogP contribution is 2.60. The van der Waals surface area contributed by atoms with Gasteiger partial charge in [-0.05, 0) is 42.0 Å². The van der Waals surface area contributed by atoms with Crippen molar-refractivity contribution in [1.82, 2.24) is 0 Å². The van der Waals surface area contributed by atoms with E-state index in [9.17, 15) is 4.79 Å². The van der Waals surface area contributed by atoms with Gasteiger partial charge >= 0.3 is 0 Å². The minimum Gasteiger partial charge on any atom is -0.341 e. The lowest BCUT2D eigenvalue weighted by Crippen LogP contribution is -2.21. The highest BCUT2D eigenvalue weighted by Gasteiger charge is 2.64. The lowest BCUT2D eigenvalue weighted by Gasteiger charge is -2.12. The molecule has 0 N–H and O–H groups in total. The van der Waals surface area contributed by atoms with Gasteiger partial charge in [-0.1, -0.05) is 77.4 Å². The maximum Gasteiger partial charge on any atom is 0.212 e. The van der Waals surface area contributed by atoms with Crippen molar-refractivity contribution in [2.75, 3.05) is 0 Å². The minimum absolute atomic E-state index is 0.0435. The van der Waals surface area contributed by atoms with Crippen molar-refractivity contribution in [3.8, 4) is 0 Å². The number of benzene rings is 3. The van der Waals surface area contributed by atoms with Crippen LogP contribution in [0.4, 0.5) is 0 Å². The largest absolute Gasteiger partial charge is 0.341 e. The molecule has 5 heteroatoms. The molecule has 0 radical (unpaired) electrons. The molecule has 1 aliphatic heterocycles. The van der Waals surface area contributed by atoms with Crippen LogP contribution >= 0.6 is 35.0 Å². The summed E-state index contributed by atoms with van der Waals surface area (Å²) >= 11 is 13.4. The number of ether oxygens (including phenoxy) is 1. The van der Waals surface area contributed by atoms with E-state index in [0.29, 0.717) is 15.6 Å². The summed E-state index contributed by atoms with van der Waals surface area (Å²) < 4.78 is 6.02. The molecule has 2 unspecified atom stereocenters. The zero-order valence-corrected chi connectivity index (χ0v) is 15.9. The molecule has 0 spiro atoms. The quantitative estimate of drug-likeness (QED) is 0.364. The number of epoxide rings is 1. The summed E-state index contributed by atoms with van der Waals surface area (Å²) in [5.41, 5.74) is 1.56. The normalized spacial score (nSPS) is 21.4. The highest BCUT2D eigenvalue weighted by molar-refractivity contribution is 8.01. The number of carbonyl (C=O) groups excluding carboxylic acids is 1. The molecule has 3 aromatic carbocycles. The number of halogens is 2. The van der Waals surface area contributed by atoms with Gasteiger partial charge in [0.25, 0.3) is 0 Å². The number of hydrogen-bond acceptors (Lipinski definition) is 3.